The van der Waals surface area contributed by atoms with E-state index in [0.29, 0.717) is 6.54 Å². The van der Waals surface area contributed by atoms with Crippen molar-refractivity contribution in [3.63, 3.8) is 0 Å². The van der Waals surface area contributed by atoms with E-state index in [0.717, 1.165) is 58.8 Å². The Labute approximate surface area is 169 Å². The number of amides is 1. The number of morpholine rings is 1. The number of carbonyl (C=O) groups is 1. The molecule has 0 aromatic heterocycles. The van der Waals surface area contributed by atoms with E-state index in [2.05, 4.69) is 40.7 Å². The van der Waals surface area contributed by atoms with Gasteiger partial charge >= 0.3 is 0 Å². The molecule has 5 nitrogen and oxygen atoms in total. The summed E-state index contributed by atoms with van der Waals surface area (Å²) in [6, 6.07) is 8.42. The summed E-state index contributed by atoms with van der Waals surface area (Å²) in [5, 5.41) is 6.51. The molecule has 148 valence electrons. The molecular formula is C19H31Cl2N3O2. The molecule has 0 spiro atoms. The van der Waals surface area contributed by atoms with Crippen LogP contribution < -0.4 is 10.6 Å². The predicted molar refractivity (Wildman–Crippen MR) is 109 cm³/mol. The highest BCUT2D eigenvalue weighted by molar-refractivity contribution is 5.85. The van der Waals surface area contributed by atoms with Gasteiger partial charge in [0.1, 0.15) is 0 Å². The molecule has 26 heavy (non-hydrogen) atoms. The molecule has 0 saturated carbocycles. The van der Waals surface area contributed by atoms with Crippen LogP contribution in [0.25, 0.3) is 0 Å². The fraction of sp³-hybridized carbons (Fsp3) is 0.632. The monoisotopic (exact) mass is 403 g/mol. The van der Waals surface area contributed by atoms with E-state index >= 15 is 0 Å². The van der Waals surface area contributed by atoms with Gasteiger partial charge in [-0.05, 0) is 37.4 Å². The van der Waals surface area contributed by atoms with Crippen LogP contribution in [0.4, 0.5) is 0 Å². The van der Waals surface area contributed by atoms with Crippen LogP contribution in [-0.2, 0) is 22.6 Å². The first-order chi connectivity index (χ1) is 11.7. The molecule has 2 aliphatic heterocycles. The van der Waals surface area contributed by atoms with Crippen molar-refractivity contribution >= 4 is 30.7 Å². The van der Waals surface area contributed by atoms with Crippen molar-refractivity contribution < 1.29 is 9.53 Å². The first-order valence-electron chi connectivity index (χ1n) is 9.03. The number of hydrogen-bond acceptors (Lipinski definition) is 4. The summed E-state index contributed by atoms with van der Waals surface area (Å²) < 4.78 is 5.42. The second-order valence-electron chi connectivity index (χ2n) is 7.18. The van der Waals surface area contributed by atoms with Gasteiger partial charge in [-0.15, -0.1) is 24.8 Å². The largest absolute Gasteiger partial charge is 0.379 e. The van der Waals surface area contributed by atoms with Crippen LogP contribution in [0.2, 0.25) is 0 Å². The molecule has 1 atom stereocenters. The van der Waals surface area contributed by atoms with Crippen LogP contribution >= 0.6 is 24.8 Å². The number of benzene rings is 1. The van der Waals surface area contributed by atoms with Crippen molar-refractivity contribution in [3.05, 3.63) is 35.4 Å². The second-order valence-corrected chi connectivity index (χ2v) is 7.18. The fourth-order valence-corrected chi connectivity index (χ4v) is 3.52. The van der Waals surface area contributed by atoms with E-state index in [1.54, 1.807) is 0 Å². The molecule has 2 saturated heterocycles. The van der Waals surface area contributed by atoms with Gasteiger partial charge in [0.15, 0.2) is 0 Å². The second kappa shape index (κ2) is 11.1. The number of nitrogens with zero attached hydrogens (tertiary/aromatic N) is 1. The van der Waals surface area contributed by atoms with Crippen LogP contribution in [0.1, 0.15) is 30.9 Å². The Morgan fingerprint density at radius 3 is 2.58 bits per heavy atom. The Kier molecular flexibility index (Phi) is 9.90. The first kappa shape index (κ1) is 23.2. The number of ether oxygens (including phenoxy) is 1. The minimum absolute atomic E-state index is 0. The molecule has 2 N–H and O–H groups in total. The molecule has 1 aromatic carbocycles. The average Bonchev–Trinajstić information content (AvgIpc) is 2.62. The van der Waals surface area contributed by atoms with Gasteiger partial charge in [0.25, 0.3) is 0 Å². The molecule has 2 aliphatic rings. The van der Waals surface area contributed by atoms with Gasteiger partial charge in [-0.1, -0.05) is 24.3 Å². The number of carbonyl (C=O) groups excluding carboxylic acids is 1. The zero-order chi connectivity index (χ0) is 16.8. The van der Waals surface area contributed by atoms with Crippen molar-refractivity contribution in [2.75, 3.05) is 39.4 Å². The van der Waals surface area contributed by atoms with E-state index < -0.39 is 0 Å². The summed E-state index contributed by atoms with van der Waals surface area (Å²) in [4.78, 5) is 15.0. The SMILES string of the molecule is CC1(C(=O)NCc2ccccc2CN2CCOCC2)CCCNC1.Cl.Cl. The van der Waals surface area contributed by atoms with E-state index in [9.17, 15) is 4.79 Å². The van der Waals surface area contributed by atoms with Gasteiger partial charge in [0, 0.05) is 32.7 Å². The van der Waals surface area contributed by atoms with Crippen molar-refractivity contribution in [1.29, 1.82) is 0 Å². The maximum Gasteiger partial charge on any atom is 0.227 e. The van der Waals surface area contributed by atoms with Crippen molar-refractivity contribution in [1.82, 2.24) is 15.5 Å². The Morgan fingerprint density at radius 2 is 1.92 bits per heavy atom. The maximum atomic E-state index is 12.6. The van der Waals surface area contributed by atoms with E-state index in [1.807, 2.05) is 6.07 Å². The third-order valence-electron chi connectivity index (χ3n) is 5.20. The predicted octanol–water partition coefficient (Wildman–Crippen LogP) is 2.37. The Morgan fingerprint density at radius 1 is 1.23 bits per heavy atom. The van der Waals surface area contributed by atoms with Crippen molar-refractivity contribution in [2.24, 2.45) is 5.41 Å². The third kappa shape index (κ3) is 6.10. The highest BCUT2D eigenvalue weighted by atomic mass is 35.5. The van der Waals surface area contributed by atoms with Gasteiger partial charge in [-0.3, -0.25) is 9.69 Å². The molecule has 3 rings (SSSR count). The number of hydrogen-bond donors (Lipinski definition) is 2. The van der Waals surface area contributed by atoms with Gasteiger partial charge < -0.3 is 15.4 Å². The van der Waals surface area contributed by atoms with Crippen molar-refractivity contribution in [3.8, 4) is 0 Å². The van der Waals surface area contributed by atoms with Crippen LogP contribution in [0.15, 0.2) is 24.3 Å². The lowest BCUT2D eigenvalue weighted by molar-refractivity contribution is -0.131. The van der Waals surface area contributed by atoms with Crippen LogP contribution in [0.3, 0.4) is 0 Å². The van der Waals surface area contributed by atoms with Crippen LogP contribution in [-0.4, -0.2) is 50.2 Å². The molecular weight excluding hydrogens is 373 g/mol. The molecule has 0 bridgehead atoms. The number of rotatable bonds is 5. The smallest absolute Gasteiger partial charge is 0.227 e. The normalized spacial score (nSPS) is 23.4. The van der Waals surface area contributed by atoms with Gasteiger partial charge in [0.05, 0.1) is 18.6 Å². The summed E-state index contributed by atoms with van der Waals surface area (Å²) in [5.74, 6) is 0.163. The van der Waals surface area contributed by atoms with Crippen LogP contribution in [0, 0.1) is 5.41 Å². The molecule has 1 aromatic rings. The lowest BCUT2D eigenvalue weighted by Gasteiger charge is -2.32. The molecule has 0 radical (unpaired) electrons. The minimum atomic E-state index is -0.280. The number of halogens is 2. The summed E-state index contributed by atoms with van der Waals surface area (Å²) in [6.07, 6.45) is 2.03. The number of piperidine rings is 1. The van der Waals surface area contributed by atoms with E-state index in [1.165, 1.54) is 11.1 Å². The highest BCUT2D eigenvalue weighted by Crippen LogP contribution is 2.25. The first-order valence-corrected chi connectivity index (χ1v) is 9.03. The third-order valence-corrected chi connectivity index (χ3v) is 5.20. The summed E-state index contributed by atoms with van der Waals surface area (Å²) >= 11 is 0. The Hall–Kier alpha value is -0.850. The minimum Gasteiger partial charge on any atom is -0.379 e. The molecule has 2 heterocycles. The van der Waals surface area contributed by atoms with E-state index in [-0.39, 0.29) is 36.1 Å². The molecule has 0 aliphatic carbocycles. The molecule has 1 amide bonds. The molecule has 7 heteroatoms. The quantitative estimate of drug-likeness (QED) is 0.791. The fourth-order valence-electron chi connectivity index (χ4n) is 3.52. The Balaban J connectivity index is 0.00000169. The molecule has 2 fully saturated rings. The topological polar surface area (TPSA) is 53.6 Å². The summed E-state index contributed by atoms with van der Waals surface area (Å²) in [6.45, 7) is 8.96. The highest BCUT2D eigenvalue weighted by Gasteiger charge is 2.34. The van der Waals surface area contributed by atoms with Gasteiger partial charge in [0.2, 0.25) is 5.91 Å². The van der Waals surface area contributed by atoms with Gasteiger partial charge in [-0.2, -0.15) is 0 Å². The zero-order valence-corrected chi connectivity index (χ0v) is 17.1. The van der Waals surface area contributed by atoms with E-state index in [4.69, 9.17) is 4.74 Å². The van der Waals surface area contributed by atoms with Crippen LogP contribution in [0.5, 0.6) is 0 Å². The van der Waals surface area contributed by atoms with Gasteiger partial charge in [-0.25, -0.2) is 0 Å². The Bertz CT molecular complexity index is 559. The lowest BCUT2D eigenvalue weighted by Crippen LogP contribution is -2.48. The lowest BCUT2D eigenvalue weighted by atomic mass is 9.82. The maximum absolute atomic E-state index is 12.6. The average molecular weight is 404 g/mol. The standard InChI is InChI=1S/C19H29N3O2.2ClH/c1-19(7-4-8-20-15-19)18(23)21-13-16-5-2-3-6-17(16)14-22-9-11-24-12-10-22;;/h2-3,5-6,20H,4,7-15H2,1H3,(H,21,23);2*1H. The van der Waals surface area contributed by atoms with Crippen molar-refractivity contribution in [2.45, 2.75) is 32.9 Å². The zero-order valence-electron chi connectivity index (χ0n) is 15.5. The number of nitrogens with one attached hydrogen (secondary N) is 2. The molecule has 1 unspecified atom stereocenters. The summed E-state index contributed by atoms with van der Waals surface area (Å²) in [7, 11) is 0. The summed E-state index contributed by atoms with van der Waals surface area (Å²) in [5.41, 5.74) is 2.23.